The fourth-order valence-electron chi connectivity index (χ4n) is 1.30. The molecule has 0 saturated carbocycles. The van der Waals surface area contributed by atoms with Gasteiger partial charge < -0.3 is 8.54 Å². The van der Waals surface area contributed by atoms with Gasteiger partial charge in [-0.05, 0) is 32.2 Å². The Kier molecular flexibility index (Phi) is 4.69. The molecule has 12 heavy (non-hydrogen) atoms. The maximum Gasteiger partial charge on any atom is 0.324 e. The molecule has 0 bridgehead atoms. The Labute approximate surface area is 78.7 Å². The molecule has 0 aromatic heterocycles. The lowest BCUT2D eigenvalue weighted by atomic mass is 10.6. The Hall–Kier alpha value is 0.354. The molecule has 0 N–H and O–H groups in total. The quantitative estimate of drug-likeness (QED) is 0.644. The van der Waals surface area contributed by atoms with Crippen LogP contribution in [0.25, 0.3) is 0 Å². The van der Waals surface area contributed by atoms with Crippen LogP contribution in [0.1, 0.15) is 13.3 Å². The average Bonchev–Trinajstić information content (AvgIpc) is 1.84. The van der Waals surface area contributed by atoms with Gasteiger partial charge in [-0.3, -0.25) is 0 Å². The van der Waals surface area contributed by atoms with E-state index in [-0.39, 0.29) is 0 Å². The van der Waals surface area contributed by atoms with Crippen molar-refractivity contribution in [3.63, 3.8) is 0 Å². The first-order chi connectivity index (χ1) is 5.33. The predicted molar refractivity (Wildman–Crippen MR) is 58.2 cm³/mol. The highest BCUT2D eigenvalue weighted by Crippen LogP contribution is 2.20. The summed E-state index contributed by atoms with van der Waals surface area (Å²) in [6.45, 7) is 11.0. The molecule has 0 radical (unpaired) electrons. The van der Waals surface area contributed by atoms with E-state index in [2.05, 4.69) is 33.1 Å². The van der Waals surface area contributed by atoms with Crippen LogP contribution >= 0.6 is 0 Å². The lowest BCUT2D eigenvalue weighted by molar-refractivity contribution is 0.302. The van der Waals surface area contributed by atoms with E-state index in [0.717, 1.165) is 12.5 Å². The standard InChI is InChI=1S/C8H22O2Si2/c1-7-8-12(6,9-2)10-11(3,4)5/h7-8H2,1-6H3. The van der Waals surface area contributed by atoms with E-state index < -0.39 is 16.9 Å². The maximum absolute atomic E-state index is 6.07. The fraction of sp³-hybridized carbons (Fsp3) is 1.00. The van der Waals surface area contributed by atoms with Gasteiger partial charge in [-0.25, -0.2) is 0 Å². The summed E-state index contributed by atoms with van der Waals surface area (Å²) in [5, 5.41) is 0. The van der Waals surface area contributed by atoms with Gasteiger partial charge in [0, 0.05) is 7.11 Å². The summed E-state index contributed by atoms with van der Waals surface area (Å²) >= 11 is 0. The Balaban J connectivity index is 4.14. The van der Waals surface area contributed by atoms with Crippen LogP contribution in [-0.2, 0) is 8.54 Å². The number of hydrogen-bond acceptors (Lipinski definition) is 2. The van der Waals surface area contributed by atoms with E-state index in [0.29, 0.717) is 0 Å². The number of rotatable bonds is 5. The van der Waals surface area contributed by atoms with Crippen molar-refractivity contribution >= 4 is 16.9 Å². The van der Waals surface area contributed by atoms with Gasteiger partial charge in [0.15, 0.2) is 8.32 Å². The van der Waals surface area contributed by atoms with E-state index in [9.17, 15) is 0 Å². The van der Waals surface area contributed by atoms with Crippen LogP contribution in [0.2, 0.25) is 32.2 Å². The van der Waals surface area contributed by atoms with Gasteiger partial charge >= 0.3 is 8.56 Å². The molecule has 0 aromatic rings. The van der Waals surface area contributed by atoms with Crippen molar-refractivity contribution in [3.8, 4) is 0 Å². The minimum atomic E-state index is -1.80. The molecule has 0 amide bonds. The largest absolute Gasteiger partial charge is 0.436 e. The normalized spacial score (nSPS) is 17.5. The second kappa shape index (κ2) is 4.55. The Morgan fingerprint density at radius 3 is 1.83 bits per heavy atom. The molecule has 0 heterocycles. The van der Waals surface area contributed by atoms with Crippen molar-refractivity contribution < 1.29 is 8.54 Å². The van der Waals surface area contributed by atoms with Crippen LogP contribution in [0.3, 0.4) is 0 Å². The van der Waals surface area contributed by atoms with Gasteiger partial charge in [-0.1, -0.05) is 13.3 Å². The summed E-state index contributed by atoms with van der Waals surface area (Å²) in [7, 11) is -1.43. The van der Waals surface area contributed by atoms with Crippen molar-refractivity contribution in [2.45, 2.75) is 45.6 Å². The molecule has 2 nitrogen and oxygen atoms in total. The van der Waals surface area contributed by atoms with Crippen LogP contribution < -0.4 is 0 Å². The Morgan fingerprint density at radius 2 is 1.58 bits per heavy atom. The molecule has 0 aliphatic rings. The highest BCUT2D eigenvalue weighted by Gasteiger charge is 2.34. The first-order valence-electron chi connectivity index (χ1n) is 4.58. The minimum absolute atomic E-state index is 1.10. The molecule has 1 atom stereocenters. The van der Waals surface area contributed by atoms with Gasteiger partial charge in [0.1, 0.15) is 0 Å². The van der Waals surface area contributed by atoms with E-state index in [1.807, 2.05) is 0 Å². The van der Waals surface area contributed by atoms with Gasteiger partial charge in [0.25, 0.3) is 0 Å². The highest BCUT2D eigenvalue weighted by atomic mass is 28.4. The molecule has 0 saturated heterocycles. The smallest absolute Gasteiger partial charge is 0.324 e. The molecule has 0 spiro atoms. The zero-order chi connectivity index (χ0) is 9.83. The minimum Gasteiger partial charge on any atom is -0.436 e. The van der Waals surface area contributed by atoms with Crippen molar-refractivity contribution in [2.75, 3.05) is 7.11 Å². The number of hydrogen-bond donors (Lipinski definition) is 0. The van der Waals surface area contributed by atoms with Crippen LogP contribution in [0.4, 0.5) is 0 Å². The molecule has 74 valence electrons. The lowest BCUT2D eigenvalue weighted by Crippen LogP contribution is -2.46. The third-order valence-corrected chi connectivity index (χ3v) is 8.11. The lowest BCUT2D eigenvalue weighted by Gasteiger charge is -2.32. The molecule has 0 aliphatic carbocycles. The van der Waals surface area contributed by atoms with Crippen molar-refractivity contribution in [3.05, 3.63) is 0 Å². The van der Waals surface area contributed by atoms with Crippen LogP contribution in [0, 0.1) is 0 Å². The Morgan fingerprint density at radius 1 is 1.08 bits per heavy atom. The van der Waals surface area contributed by atoms with Gasteiger partial charge in [-0.2, -0.15) is 0 Å². The maximum atomic E-state index is 6.07. The first-order valence-corrected chi connectivity index (χ1v) is 10.5. The SMILES string of the molecule is CCC[Si](C)(OC)O[Si](C)(C)C. The monoisotopic (exact) mass is 206 g/mol. The summed E-state index contributed by atoms with van der Waals surface area (Å²) in [6.07, 6.45) is 1.15. The van der Waals surface area contributed by atoms with Gasteiger partial charge in [0.05, 0.1) is 0 Å². The van der Waals surface area contributed by atoms with Crippen molar-refractivity contribution in [1.82, 2.24) is 0 Å². The molecule has 0 fully saturated rings. The van der Waals surface area contributed by atoms with Gasteiger partial charge in [0.2, 0.25) is 0 Å². The first kappa shape index (κ1) is 12.4. The third kappa shape index (κ3) is 5.08. The van der Waals surface area contributed by atoms with Crippen LogP contribution in [-0.4, -0.2) is 24.0 Å². The van der Waals surface area contributed by atoms with Crippen molar-refractivity contribution in [2.24, 2.45) is 0 Å². The zero-order valence-corrected chi connectivity index (χ0v) is 11.2. The van der Waals surface area contributed by atoms with E-state index in [1.165, 1.54) is 0 Å². The summed E-state index contributed by atoms with van der Waals surface area (Å²) in [5.74, 6) is 0. The topological polar surface area (TPSA) is 18.5 Å². The summed E-state index contributed by atoms with van der Waals surface area (Å²) in [6, 6.07) is 1.10. The second-order valence-corrected chi connectivity index (χ2v) is 12.5. The molecule has 0 rings (SSSR count). The molecule has 1 unspecified atom stereocenters. The van der Waals surface area contributed by atoms with E-state index in [1.54, 1.807) is 7.11 Å². The summed E-state index contributed by atoms with van der Waals surface area (Å²) < 4.78 is 11.6. The van der Waals surface area contributed by atoms with Gasteiger partial charge in [-0.15, -0.1) is 0 Å². The Bertz CT molecular complexity index is 134. The van der Waals surface area contributed by atoms with E-state index >= 15 is 0 Å². The molecular weight excluding hydrogens is 184 g/mol. The molecular formula is C8H22O2Si2. The molecule has 0 aliphatic heterocycles. The fourth-order valence-corrected chi connectivity index (χ4v) is 8.33. The summed E-state index contributed by atoms with van der Waals surface area (Å²) in [4.78, 5) is 0. The third-order valence-electron chi connectivity index (χ3n) is 1.66. The summed E-state index contributed by atoms with van der Waals surface area (Å²) in [5.41, 5.74) is 0. The average molecular weight is 206 g/mol. The van der Waals surface area contributed by atoms with Crippen molar-refractivity contribution in [1.29, 1.82) is 0 Å². The zero-order valence-electron chi connectivity index (χ0n) is 9.23. The molecule has 4 heteroatoms. The van der Waals surface area contributed by atoms with E-state index in [4.69, 9.17) is 8.54 Å². The highest BCUT2D eigenvalue weighted by molar-refractivity contribution is 6.81. The van der Waals surface area contributed by atoms with Crippen LogP contribution in [0.5, 0.6) is 0 Å². The second-order valence-electron chi connectivity index (χ2n) is 4.30. The molecule has 0 aromatic carbocycles. The van der Waals surface area contributed by atoms with Crippen LogP contribution in [0.15, 0.2) is 0 Å². The predicted octanol–water partition coefficient (Wildman–Crippen LogP) is 2.97.